The molecule has 0 aromatic rings. The van der Waals surface area contributed by atoms with Gasteiger partial charge in [0.25, 0.3) is 0 Å². The van der Waals surface area contributed by atoms with Crippen LogP contribution in [-0.2, 0) is 20.4 Å². The lowest BCUT2D eigenvalue weighted by Gasteiger charge is -2.37. The van der Waals surface area contributed by atoms with Crippen molar-refractivity contribution < 1.29 is 13.8 Å². The van der Waals surface area contributed by atoms with Crippen LogP contribution in [0.15, 0.2) is 0 Å². The Morgan fingerprint density at radius 2 is 1.71 bits per heavy atom. The van der Waals surface area contributed by atoms with Crippen molar-refractivity contribution in [3.8, 4) is 0 Å². The first-order chi connectivity index (χ1) is 8.08. The number of ketones is 2. The molecular formula is C13H20O3S. The van der Waals surface area contributed by atoms with Gasteiger partial charge in [-0.3, -0.25) is 13.8 Å². The molecule has 4 heteroatoms. The van der Waals surface area contributed by atoms with Crippen molar-refractivity contribution in [2.75, 3.05) is 5.75 Å². The van der Waals surface area contributed by atoms with E-state index in [0.29, 0.717) is 18.6 Å². The van der Waals surface area contributed by atoms with Crippen LogP contribution in [0.25, 0.3) is 0 Å². The summed E-state index contributed by atoms with van der Waals surface area (Å²) in [5.41, 5.74) is 0. The summed E-state index contributed by atoms with van der Waals surface area (Å²) in [4.78, 5) is 23.1. The second kappa shape index (κ2) is 5.01. The van der Waals surface area contributed by atoms with Crippen LogP contribution in [0.3, 0.4) is 0 Å². The summed E-state index contributed by atoms with van der Waals surface area (Å²) in [6.45, 7) is 1.93. The molecule has 0 bridgehead atoms. The SMILES string of the molecule is CCS(=O)C1(C2CC(=O)CC(=O)C2)CCCC1. The Hall–Kier alpha value is -0.510. The second-order valence-electron chi connectivity index (χ2n) is 5.27. The van der Waals surface area contributed by atoms with Crippen LogP contribution in [-0.4, -0.2) is 26.3 Å². The summed E-state index contributed by atoms with van der Waals surface area (Å²) in [6.07, 6.45) is 5.08. The largest absolute Gasteiger partial charge is 0.299 e. The maximum absolute atomic E-state index is 12.3. The Labute approximate surface area is 105 Å². The monoisotopic (exact) mass is 256 g/mol. The van der Waals surface area contributed by atoms with E-state index in [-0.39, 0.29) is 28.7 Å². The fourth-order valence-electron chi connectivity index (χ4n) is 3.44. The first-order valence-electron chi connectivity index (χ1n) is 6.50. The van der Waals surface area contributed by atoms with Crippen molar-refractivity contribution in [2.24, 2.45) is 5.92 Å². The zero-order valence-electron chi connectivity index (χ0n) is 10.4. The molecule has 1 atom stereocenters. The molecule has 2 saturated carbocycles. The number of carbonyl (C=O) groups is 2. The third-order valence-electron chi connectivity index (χ3n) is 4.25. The predicted molar refractivity (Wildman–Crippen MR) is 67.2 cm³/mol. The lowest BCUT2D eigenvalue weighted by molar-refractivity contribution is -0.131. The lowest BCUT2D eigenvalue weighted by atomic mass is 9.77. The number of Topliss-reactive ketones (excluding diaryl/α,β-unsaturated/α-hetero) is 2. The van der Waals surface area contributed by atoms with Gasteiger partial charge >= 0.3 is 0 Å². The average molecular weight is 256 g/mol. The van der Waals surface area contributed by atoms with E-state index in [0.717, 1.165) is 25.7 Å². The summed E-state index contributed by atoms with van der Waals surface area (Å²) < 4.78 is 12.1. The van der Waals surface area contributed by atoms with Crippen molar-refractivity contribution in [3.05, 3.63) is 0 Å². The van der Waals surface area contributed by atoms with Gasteiger partial charge < -0.3 is 0 Å². The van der Waals surface area contributed by atoms with Crippen LogP contribution < -0.4 is 0 Å². The van der Waals surface area contributed by atoms with Gasteiger partial charge in [-0.25, -0.2) is 0 Å². The van der Waals surface area contributed by atoms with Crippen LogP contribution >= 0.6 is 0 Å². The van der Waals surface area contributed by atoms with Gasteiger partial charge in [0.15, 0.2) is 0 Å². The molecule has 2 aliphatic carbocycles. The number of carbonyl (C=O) groups excluding carboxylic acids is 2. The molecule has 0 radical (unpaired) electrons. The highest BCUT2D eigenvalue weighted by Crippen LogP contribution is 2.45. The molecular weight excluding hydrogens is 236 g/mol. The maximum Gasteiger partial charge on any atom is 0.140 e. The van der Waals surface area contributed by atoms with Gasteiger partial charge in [-0.15, -0.1) is 0 Å². The number of hydrogen-bond donors (Lipinski definition) is 0. The Morgan fingerprint density at radius 3 is 2.18 bits per heavy atom. The van der Waals surface area contributed by atoms with Gasteiger partial charge in [-0.1, -0.05) is 19.8 Å². The second-order valence-corrected chi connectivity index (χ2v) is 7.35. The fraction of sp³-hybridized carbons (Fsp3) is 0.846. The minimum atomic E-state index is -0.893. The first-order valence-corrected chi connectivity index (χ1v) is 7.82. The third-order valence-corrected chi connectivity index (χ3v) is 6.42. The minimum absolute atomic E-state index is 0.0412. The van der Waals surface area contributed by atoms with E-state index in [1.54, 1.807) is 0 Å². The van der Waals surface area contributed by atoms with Crippen molar-refractivity contribution in [1.29, 1.82) is 0 Å². The van der Waals surface area contributed by atoms with Gasteiger partial charge in [-0.05, 0) is 18.8 Å². The topological polar surface area (TPSA) is 51.2 Å². The average Bonchev–Trinajstić information content (AvgIpc) is 2.77. The predicted octanol–water partition coefficient (Wildman–Crippen LogP) is 2.01. The van der Waals surface area contributed by atoms with Gasteiger partial charge in [-0.2, -0.15) is 0 Å². The molecule has 2 fully saturated rings. The molecule has 3 nitrogen and oxygen atoms in total. The van der Waals surface area contributed by atoms with Crippen molar-refractivity contribution >= 4 is 22.4 Å². The van der Waals surface area contributed by atoms with E-state index in [1.807, 2.05) is 6.92 Å². The zero-order chi connectivity index (χ0) is 12.5. The minimum Gasteiger partial charge on any atom is -0.299 e. The van der Waals surface area contributed by atoms with E-state index in [9.17, 15) is 13.8 Å². The fourth-order valence-corrected chi connectivity index (χ4v) is 5.30. The summed E-state index contributed by atoms with van der Waals surface area (Å²) in [6, 6.07) is 0. The zero-order valence-corrected chi connectivity index (χ0v) is 11.2. The van der Waals surface area contributed by atoms with Crippen LogP contribution in [0.1, 0.15) is 51.9 Å². The molecule has 2 rings (SSSR count). The Balaban J connectivity index is 2.24. The standard InChI is InChI=1S/C13H20O3S/c1-2-17(16)13(5-3-4-6-13)10-7-11(14)9-12(15)8-10/h10H,2-9H2,1H3. The maximum atomic E-state index is 12.3. The van der Waals surface area contributed by atoms with Gasteiger partial charge in [0.05, 0.1) is 6.42 Å². The Morgan fingerprint density at radius 1 is 1.18 bits per heavy atom. The third kappa shape index (κ3) is 2.37. The quantitative estimate of drug-likeness (QED) is 0.726. The van der Waals surface area contributed by atoms with Gasteiger partial charge in [0, 0.05) is 34.1 Å². The normalized spacial score (nSPS) is 27.4. The van der Waals surface area contributed by atoms with Crippen molar-refractivity contribution in [3.63, 3.8) is 0 Å². The summed E-state index contributed by atoms with van der Waals surface area (Å²) in [7, 11) is -0.893. The molecule has 0 heterocycles. The van der Waals surface area contributed by atoms with Gasteiger partial charge in [0.2, 0.25) is 0 Å². The van der Waals surface area contributed by atoms with Gasteiger partial charge in [0.1, 0.15) is 11.6 Å². The van der Waals surface area contributed by atoms with Crippen LogP contribution in [0.2, 0.25) is 0 Å². The molecule has 0 aliphatic heterocycles. The molecule has 96 valence electrons. The number of rotatable bonds is 3. The molecule has 0 spiro atoms. The molecule has 1 unspecified atom stereocenters. The Kier molecular flexibility index (Phi) is 3.81. The Bertz CT molecular complexity index is 340. The molecule has 0 saturated heterocycles. The van der Waals surface area contributed by atoms with Crippen LogP contribution in [0.5, 0.6) is 0 Å². The summed E-state index contributed by atoms with van der Waals surface area (Å²) in [5, 5.41) is 0. The molecule has 0 aromatic heterocycles. The molecule has 0 amide bonds. The molecule has 17 heavy (non-hydrogen) atoms. The van der Waals surface area contributed by atoms with Crippen molar-refractivity contribution in [1.82, 2.24) is 0 Å². The van der Waals surface area contributed by atoms with E-state index >= 15 is 0 Å². The lowest BCUT2D eigenvalue weighted by Crippen LogP contribution is -2.44. The van der Waals surface area contributed by atoms with Crippen molar-refractivity contribution in [2.45, 2.75) is 56.6 Å². The highest BCUT2D eigenvalue weighted by atomic mass is 32.2. The number of hydrogen-bond acceptors (Lipinski definition) is 3. The van der Waals surface area contributed by atoms with E-state index in [4.69, 9.17) is 0 Å². The molecule has 0 N–H and O–H groups in total. The summed E-state index contributed by atoms with van der Waals surface area (Å²) >= 11 is 0. The van der Waals surface area contributed by atoms with E-state index < -0.39 is 10.8 Å². The molecule has 2 aliphatic rings. The highest BCUT2D eigenvalue weighted by Gasteiger charge is 2.48. The first kappa shape index (κ1) is 12.9. The van der Waals surface area contributed by atoms with Crippen LogP contribution in [0, 0.1) is 5.92 Å². The highest BCUT2D eigenvalue weighted by molar-refractivity contribution is 7.86. The smallest absolute Gasteiger partial charge is 0.140 e. The summed E-state index contributed by atoms with van der Waals surface area (Å²) in [5.74, 6) is 0.773. The van der Waals surface area contributed by atoms with E-state index in [2.05, 4.69) is 0 Å². The van der Waals surface area contributed by atoms with E-state index in [1.165, 1.54) is 0 Å². The molecule has 0 aromatic carbocycles. The van der Waals surface area contributed by atoms with Crippen LogP contribution in [0.4, 0.5) is 0 Å².